The molecule has 0 saturated heterocycles. The number of anilines is 2. The smallest absolute Gasteiger partial charge is 0.261 e. The summed E-state index contributed by atoms with van der Waals surface area (Å²) >= 11 is 1.74. The van der Waals surface area contributed by atoms with Gasteiger partial charge in [-0.25, -0.2) is 8.42 Å². The van der Waals surface area contributed by atoms with Crippen LogP contribution in [0, 0.1) is 0 Å². The Bertz CT molecular complexity index is 1310. The predicted octanol–water partition coefficient (Wildman–Crippen LogP) is 5.43. The van der Waals surface area contributed by atoms with E-state index in [-0.39, 0.29) is 10.8 Å². The fourth-order valence-electron chi connectivity index (χ4n) is 2.99. The number of sulfonamides is 1. The Morgan fingerprint density at radius 1 is 0.818 bits per heavy atom. The molecule has 1 amide bonds. The second-order valence-corrected chi connectivity index (χ2v) is 9.86. The first-order valence-corrected chi connectivity index (χ1v) is 12.6. The van der Waals surface area contributed by atoms with E-state index in [4.69, 9.17) is 0 Å². The van der Waals surface area contributed by atoms with Crippen LogP contribution in [0.25, 0.3) is 0 Å². The molecule has 0 bridgehead atoms. The van der Waals surface area contributed by atoms with Crippen LogP contribution in [0.5, 0.6) is 0 Å². The van der Waals surface area contributed by atoms with Gasteiger partial charge in [0.05, 0.1) is 16.8 Å². The summed E-state index contributed by atoms with van der Waals surface area (Å²) in [6.07, 6.45) is 2.99. The number of benzene rings is 3. The zero-order valence-electron chi connectivity index (χ0n) is 17.5. The molecule has 4 aromatic rings. The van der Waals surface area contributed by atoms with E-state index < -0.39 is 10.0 Å². The van der Waals surface area contributed by atoms with Crippen LogP contribution in [0.15, 0.2) is 113 Å². The molecule has 6 nitrogen and oxygen atoms in total. The van der Waals surface area contributed by atoms with Gasteiger partial charge in [0.1, 0.15) is 0 Å². The Morgan fingerprint density at radius 2 is 1.55 bits per heavy atom. The highest BCUT2D eigenvalue weighted by atomic mass is 32.2. The molecule has 0 aliphatic carbocycles. The number of rotatable bonds is 8. The van der Waals surface area contributed by atoms with Crippen molar-refractivity contribution in [3.05, 3.63) is 115 Å². The van der Waals surface area contributed by atoms with Gasteiger partial charge in [0, 0.05) is 28.1 Å². The summed E-state index contributed by atoms with van der Waals surface area (Å²) in [7, 11) is -3.75. The third-order valence-electron chi connectivity index (χ3n) is 4.70. The normalized spacial score (nSPS) is 11.0. The zero-order valence-corrected chi connectivity index (χ0v) is 19.1. The summed E-state index contributed by atoms with van der Waals surface area (Å²) < 4.78 is 27.5. The molecule has 3 aromatic carbocycles. The average molecular weight is 476 g/mol. The largest absolute Gasteiger partial charge is 0.322 e. The van der Waals surface area contributed by atoms with E-state index in [0.29, 0.717) is 16.9 Å². The van der Waals surface area contributed by atoms with E-state index >= 15 is 0 Å². The van der Waals surface area contributed by atoms with Crippen LogP contribution in [0.1, 0.15) is 15.9 Å². The van der Waals surface area contributed by atoms with Crippen molar-refractivity contribution in [3.63, 3.8) is 0 Å². The van der Waals surface area contributed by atoms with Crippen molar-refractivity contribution in [3.8, 4) is 0 Å². The van der Waals surface area contributed by atoms with Gasteiger partial charge in [-0.05, 0) is 66.2 Å². The molecule has 1 heterocycles. The Kier molecular flexibility index (Phi) is 7.07. The molecule has 0 spiro atoms. The second-order valence-electron chi connectivity index (χ2n) is 7.12. The summed E-state index contributed by atoms with van der Waals surface area (Å²) in [6.45, 7) is 0. The number of carbonyl (C=O) groups excluding carboxylic acids is 1. The molecule has 166 valence electrons. The van der Waals surface area contributed by atoms with Crippen molar-refractivity contribution in [1.82, 2.24) is 4.98 Å². The molecule has 0 aliphatic rings. The number of thioether (sulfide) groups is 1. The zero-order chi connectivity index (χ0) is 23.1. The van der Waals surface area contributed by atoms with E-state index in [9.17, 15) is 13.2 Å². The molecular weight excluding hydrogens is 454 g/mol. The lowest BCUT2D eigenvalue weighted by Gasteiger charge is -2.09. The van der Waals surface area contributed by atoms with Crippen LogP contribution in [0.3, 0.4) is 0 Å². The topological polar surface area (TPSA) is 88.2 Å². The first-order valence-electron chi connectivity index (χ1n) is 10.1. The maximum atomic E-state index is 12.6. The molecule has 2 N–H and O–H groups in total. The average Bonchev–Trinajstić information content (AvgIpc) is 2.84. The maximum absolute atomic E-state index is 12.6. The van der Waals surface area contributed by atoms with Crippen molar-refractivity contribution >= 4 is 39.1 Å². The van der Waals surface area contributed by atoms with Crippen LogP contribution in [0.4, 0.5) is 11.4 Å². The third-order valence-corrected chi connectivity index (χ3v) is 7.18. The van der Waals surface area contributed by atoms with Crippen molar-refractivity contribution in [2.45, 2.75) is 15.5 Å². The van der Waals surface area contributed by atoms with Crippen LogP contribution in [-0.4, -0.2) is 19.3 Å². The minimum Gasteiger partial charge on any atom is -0.322 e. The highest BCUT2D eigenvalue weighted by Gasteiger charge is 2.14. The Morgan fingerprint density at radius 3 is 2.21 bits per heavy atom. The van der Waals surface area contributed by atoms with Crippen molar-refractivity contribution in [2.24, 2.45) is 0 Å². The third kappa shape index (κ3) is 6.21. The maximum Gasteiger partial charge on any atom is 0.261 e. The van der Waals surface area contributed by atoms with Gasteiger partial charge >= 0.3 is 0 Å². The number of nitrogens with one attached hydrogen (secondary N) is 2. The number of carbonyl (C=O) groups is 1. The number of nitrogens with zero attached hydrogens (tertiary/aromatic N) is 1. The molecule has 0 atom stereocenters. The summed E-state index contributed by atoms with van der Waals surface area (Å²) in [5.74, 6) is 0.552. The van der Waals surface area contributed by atoms with E-state index in [0.717, 1.165) is 11.3 Å². The Hall–Kier alpha value is -3.62. The highest BCUT2D eigenvalue weighted by Crippen LogP contribution is 2.23. The fourth-order valence-corrected chi connectivity index (χ4v) is 4.91. The van der Waals surface area contributed by atoms with Crippen LogP contribution in [-0.2, 0) is 15.8 Å². The second kappa shape index (κ2) is 10.3. The molecule has 0 aliphatic heterocycles. The molecule has 1 aromatic heterocycles. The van der Waals surface area contributed by atoms with Crippen LogP contribution in [0.2, 0.25) is 0 Å². The quantitative estimate of drug-likeness (QED) is 0.332. The molecule has 0 unspecified atom stereocenters. The summed E-state index contributed by atoms with van der Waals surface area (Å²) in [5.41, 5.74) is 2.53. The lowest BCUT2D eigenvalue weighted by molar-refractivity contribution is 0.102. The minimum atomic E-state index is -3.75. The number of amides is 1. The molecular formula is C25H21N3O3S2. The van der Waals surface area contributed by atoms with E-state index in [1.807, 2.05) is 30.3 Å². The standard InChI is InChI=1S/C25H21N3O3S2/c29-25(20-10-8-19(9-11-20)18-32-23-6-2-1-3-7-23)27-21-12-14-24(15-13-21)33(30,31)28-22-5-4-16-26-17-22/h1-17,28H,18H2,(H,27,29). The molecule has 8 heteroatoms. The number of pyridine rings is 1. The summed E-state index contributed by atoms with van der Waals surface area (Å²) in [4.78, 5) is 17.7. The van der Waals surface area contributed by atoms with E-state index in [2.05, 4.69) is 27.2 Å². The van der Waals surface area contributed by atoms with Gasteiger partial charge in [-0.1, -0.05) is 30.3 Å². The molecule has 4 rings (SSSR count). The van der Waals surface area contributed by atoms with Gasteiger partial charge in [0.25, 0.3) is 15.9 Å². The van der Waals surface area contributed by atoms with Crippen molar-refractivity contribution in [2.75, 3.05) is 10.0 Å². The van der Waals surface area contributed by atoms with Crippen molar-refractivity contribution < 1.29 is 13.2 Å². The lowest BCUT2D eigenvalue weighted by atomic mass is 10.1. The Balaban J connectivity index is 1.35. The molecule has 0 fully saturated rings. The number of hydrogen-bond acceptors (Lipinski definition) is 5. The Labute approximate surface area is 197 Å². The number of aromatic nitrogens is 1. The van der Waals surface area contributed by atoms with E-state index in [1.165, 1.54) is 23.2 Å². The van der Waals surface area contributed by atoms with Crippen LogP contribution < -0.4 is 10.0 Å². The highest BCUT2D eigenvalue weighted by molar-refractivity contribution is 7.98. The van der Waals surface area contributed by atoms with Crippen molar-refractivity contribution in [1.29, 1.82) is 0 Å². The van der Waals surface area contributed by atoms with Crippen LogP contribution >= 0.6 is 11.8 Å². The van der Waals surface area contributed by atoms with Gasteiger partial charge in [0.15, 0.2) is 0 Å². The summed E-state index contributed by atoms with van der Waals surface area (Å²) in [5, 5.41) is 2.79. The lowest BCUT2D eigenvalue weighted by Crippen LogP contribution is -2.14. The monoisotopic (exact) mass is 475 g/mol. The van der Waals surface area contributed by atoms with Gasteiger partial charge in [-0.3, -0.25) is 14.5 Å². The van der Waals surface area contributed by atoms with Gasteiger partial charge < -0.3 is 5.32 Å². The summed E-state index contributed by atoms with van der Waals surface area (Å²) in [6, 6.07) is 26.8. The minimum absolute atomic E-state index is 0.0876. The molecule has 33 heavy (non-hydrogen) atoms. The SMILES string of the molecule is O=C(Nc1ccc(S(=O)(=O)Nc2cccnc2)cc1)c1ccc(CSc2ccccc2)cc1. The first kappa shape index (κ1) is 22.6. The predicted molar refractivity (Wildman–Crippen MR) is 132 cm³/mol. The first-order chi connectivity index (χ1) is 16.0. The molecule has 0 radical (unpaired) electrons. The van der Waals surface area contributed by atoms with Gasteiger partial charge in [-0.15, -0.1) is 11.8 Å². The fraction of sp³-hybridized carbons (Fsp3) is 0.0400. The van der Waals surface area contributed by atoms with Gasteiger partial charge in [-0.2, -0.15) is 0 Å². The van der Waals surface area contributed by atoms with E-state index in [1.54, 1.807) is 54.4 Å². The van der Waals surface area contributed by atoms with Gasteiger partial charge in [0.2, 0.25) is 0 Å². The number of hydrogen-bond donors (Lipinski definition) is 2. The molecule has 0 saturated carbocycles.